The summed E-state index contributed by atoms with van der Waals surface area (Å²) in [6.07, 6.45) is 4.78. The second-order valence-electron chi connectivity index (χ2n) is 11.5. The Labute approximate surface area is 268 Å². The topological polar surface area (TPSA) is 248 Å². The van der Waals surface area contributed by atoms with Crippen molar-refractivity contribution in [2.75, 3.05) is 6.54 Å². The molecule has 1 aliphatic rings. The van der Waals surface area contributed by atoms with Gasteiger partial charge in [0, 0.05) is 18.7 Å². The zero-order valence-electron chi connectivity index (χ0n) is 25.8. The molecule has 14 nitrogen and oxygen atoms in total. The van der Waals surface area contributed by atoms with E-state index in [1.807, 2.05) is 30.3 Å². The van der Waals surface area contributed by atoms with E-state index < -0.39 is 41.6 Å². The minimum absolute atomic E-state index is 0.0126. The third-order valence-electron chi connectivity index (χ3n) is 8.08. The van der Waals surface area contributed by atoms with Crippen molar-refractivity contribution in [1.82, 2.24) is 26.7 Å². The van der Waals surface area contributed by atoms with Crippen LogP contribution in [0.15, 0.2) is 54.6 Å². The van der Waals surface area contributed by atoms with Crippen molar-refractivity contribution in [2.24, 2.45) is 23.3 Å². The molecule has 2 aromatic carbocycles. The molecule has 3 rings (SSSR count). The Bertz CT molecular complexity index is 1350. The fourth-order valence-electron chi connectivity index (χ4n) is 5.52. The highest BCUT2D eigenvalue weighted by Gasteiger charge is 2.36. The highest BCUT2D eigenvalue weighted by atomic mass is 16.5. The number of nitrogens with two attached hydrogens (primary N) is 2. The summed E-state index contributed by atoms with van der Waals surface area (Å²) >= 11 is 0. The van der Waals surface area contributed by atoms with Crippen molar-refractivity contribution in [2.45, 2.75) is 70.0 Å². The van der Waals surface area contributed by atoms with Gasteiger partial charge in [0.05, 0.1) is 0 Å². The maximum Gasteiger partial charge on any atom is 0.243 e. The molecule has 2 aromatic rings. The van der Waals surface area contributed by atoms with Crippen LogP contribution in [0.1, 0.15) is 61.6 Å². The Morgan fingerprint density at radius 3 is 2.11 bits per heavy atom. The second kappa shape index (κ2) is 18.1. The minimum atomic E-state index is -1.20. The first-order valence-corrected chi connectivity index (χ1v) is 15.5. The number of carbonyl (C=O) groups excluding carboxylic acids is 4. The number of amides is 4. The second-order valence-corrected chi connectivity index (χ2v) is 11.5. The predicted molar refractivity (Wildman–Crippen MR) is 172 cm³/mol. The molecule has 1 aliphatic carbocycles. The molecule has 0 heterocycles. The van der Waals surface area contributed by atoms with Gasteiger partial charge in [0.2, 0.25) is 23.6 Å². The lowest BCUT2D eigenvalue weighted by molar-refractivity contribution is -0.139. The van der Waals surface area contributed by atoms with Gasteiger partial charge in [-0.05, 0) is 49.1 Å². The summed E-state index contributed by atoms with van der Waals surface area (Å²) in [5, 5.41) is 35.1. The van der Waals surface area contributed by atoms with Crippen molar-refractivity contribution in [3.05, 3.63) is 71.3 Å². The molecule has 1 fully saturated rings. The van der Waals surface area contributed by atoms with E-state index in [9.17, 15) is 19.2 Å². The van der Waals surface area contributed by atoms with Gasteiger partial charge in [-0.3, -0.25) is 40.7 Å². The standard InChI is InChI=1S/C32H45N9O5/c33-27(41-46)23-15-13-20(14-16-23)18-24(29(43)38-19-21-8-3-1-4-9-21)30(44)40-26(22-10-5-2-6-11-22)31(45)39-25(28(34)42)12-7-17-37-32(35)36/h1,3-4,8-9,13-16,22,24-26,46H,2,5-7,10-12,17-19H2,(H2,33,41)(H2,34,42)(H,38,43)(H,39,45)(H,40,44)(H4,35,36,37)/t24?,25-,26-/m0/s1. The maximum absolute atomic E-state index is 13.9. The number of hydrogen-bond acceptors (Lipinski definition) is 7. The zero-order chi connectivity index (χ0) is 33.5. The zero-order valence-corrected chi connectivity index (χ0v) is 25.8. The first kappa shape index (κ1) is 35.5. The van der Waals surface area contributed by atoms with Crippen LogP contribution in [0.5, 0.6) is 0 Å². The number of nitrogens with one attached hydrogen (secondary N) is 7. The summed E-state index contributed by atoms with van der Waals surface area (Å²) in [6, 6.07) is 13.8. The molecule has 14 heteroatoms. The predicted octanol–water partition coefficient (Wildman–Crippen LogP) is 0.764. The summed E-state index contributed by atoms with van der Waals surface area (Å²) in [7, 11) is 0. The van der Waals surface area contributed by atoms with Crippen molar-refractivity contribution >= 4 is 35.4 Å². The number of guanidine groups is 1. The summed E-state index contributed by atoms with van der Waals surface area (Å²) in [6.45, 7) is 0.517. The van der Waals surface area contributed by atoms with Crippen molar-refractivity contribution in [3.63, 3.8) is 0 Å². The van der Waals surface area contributed by atoms with Crippen LogP contribution >= 0.6 is 0 Å². The molecule has 248 valence electrons. The number of rotatable bonds is 16. The lowest BCUT2D eigenvalue weighted by Crippen LogP contribution is -2.57. The van der Waals surface area contributed by atoms with Gasteiger partial charge < -0.3 is 32.7 Å². The third-order valence-corrected chi connectivity index (χ3v) is 8.08. The van der Waals surface area contributed by atoms with E-state index in [4.69, 9.17) is 27.5 Å². The Morgan fingerprint density at radius 1 is 0.826 bits per heavy atom. The molecule has 46 heavy (non-hydrogen) atoms. The van der Waals surface area contributed by atoms with Crippen LogP contribution in [0.4, 0.5) is 0 Å². The lowest BCUT2D eigenvalue weighted by Gasteiger charge is -2.32. The van der Waals surface area contributed by atoms with Gasteiger partial charge in [-0.1, -0.05) is 73.9 Å². The van der Waals surface area contributed by atoms with Crippen LogP contribution in [0.3, 0.4) is 0 Å². The van der Waals surface area contributed by atoms with E-state index in [0.29, 0.717) is 36.9 Å². The molecular formula is C32H45N9O5. The molecule has 1 saturated carbocycles. The van der Waals surface area contributed by atoms with Gasteiger partial charge in [-0.2, -0.15) is 0 Å². The van der Waals surface area contributed by atoms with Gasteiger partial charge in [-0.15, -0.1) is 0 Å². The molecule has 0 aromatic heterocycles. The number of hydrogen-bond donors (Lipinski definition) is 10. The number of carbonyl (C=O) groups is 4. The van der Waals surface area contributed by atoms with Crippen LogP contribution in [0, 0.1) is 22.7 Å². The van der Waals surface area contributed by atoms with Crippen molar-refractivity contribution < 1.29 is 24.4 Å². The Morgan fingerprint density at radius 2 is 1.50 bits per heavy atom. The van der Waals surface area contributed by atoms with E-state index in [0.717, 1.165) is 24.8 Å². The molecule has 0 spiro atoms. The largest absolute Gasteiger partial charge is 0.370 e. The van der Waals surface area contributed by atoms with Crippen LogP contribution in [0.25, 0.3) is 0 Å². The summed E-state index contributed by atoms with van der Waals surface area (Å²) in [4.78, 5) is 53.3. The van der Waals surface area contributed by atoms with Gasteiger partial charge in [0.15, 0.2) is 5.96 Å². The molecule has 12 N–H and O–H groups in total. The summed E-state index contributed by atoms with van der Waals surface area (Å²) < 4.78 is 0. The molecular weight excluding hydrogens is 590 g/mol. The van der Waals surface area contributed by atoms with E-state index >= 15 is 0 Å². The van der Waals surface area contributed by atoms with Crippen LogP contribution < -0.4 is 38.2 Å². The SMILES string of the molecule is N=C(N)NCCC[C@H](NC(=O)[C@@H](NC(=O)C(Cc1ccc(C(=N)NO)cc1)C(=O)NCc1ccccc1)C1CCCCC1)C(N)=O. The van der Waals surface area contributed by atoms with Crippen LogP contribution in [-0.2, 0) is 32.1 Å². The Hall–Kier alpha value is -4.98. The Kier molecular flexibility index (Phi) is 14.0. The number of primary amides is 1. The van der Waals surface area contributed by atoms with E-state index in [1.54, 1.807) is 29.7 Å². The molecule has 4 amide bonds. The number of benzene rings is 2. The summed E-state index contributed by atoms with van der Waals surface area (Å²) in [5.74, 6) is -4.24. The van der Waals surface area contributed by atoms with Gasteiger partial charge in [-0.25, -0.2) is 0 Å². The molecule has 3 atom stereocenters. The first-order chi connectivity index (χ1) is 22.1. The number of hydroxylamine groups is 1. The van der Waals surface area contributed by atoms with E-state index in [-0.39, 0.29) is 37.1 Å². The van der Waals surface area contributed by atoms with Gasteiger partial charge >= 0.3 is 0 Å². The van der Waals surface area contributed by atoms with Gasteiger partial charge in [0.25, 0.3) is 0 Å². The van der Waals surface area contributed by atoms with Crippen LogP contribution in [0.2, 0.25) is 0 Å². The van der Waals surface area contributed by atoms with Crippen molar-refractivity contribution in [1.29, 1.82) is 10.8 Å². The molecule has 0 radical (unpaired) electrons. The van der Waals surface area contributed by atoms with E-state index in [1.165, 1.54) is 0 Å². The average Bonchev–Trinajstić information content (AvgIpc) is 3.06. The molecule has 0 saturated heterocycles. The van der Waals surface area contributed by atoms with E-state index in [2.05, 4.69) is 21.3 Å². The monoisotopic (exact) mass is 635 g/mol. The highest BCUT2D eigenvalue weighted by Crippen LogP contribution is 2.27. The number of amidine groups is 1. The molecule has 1 unspecified atom stereocenters. The summed E-state index contributed by atoms with van der Waals surface area (Å²) in [5.41, 5.74) is 14.6. The van der Waals surface area contributed by atoms with Crippen LogP contribution in [-0.4, -0.2) is 59.3 Å². The van der Waals surface area contributed by atoms with Gasteiger partial charge in [0.1, 0.15) is 23.8 Å². The molecule has 0 bridgehead atoms. The highest BCUT2D eigenvalue weighted by molar-refractivity contribution is 6.02. The average molecular weight is 636 g/mol. The lowest BCUT2D eigenvalue weighted by atomic mass is 9.83. The Balaban J connectivity index is 1.81. The quantitative estimate of drug-likeness (QED) is 0.0414. The fourth-order valence-corrected chi connectivity index (χ4v) is 5.52. The third kappa shape index (κ3) is 11.2. The smallest absolute Gasteiger partial charge is 0.243 e. The normalized spacial score (nSPS) is 15.0. The van der Waals surface area contributed by atoms with Crippen molar-refractivity contribution in [3.8, 4) is 0 Å². The fraction of sp³-hybridized carbons (Fsp3) is 0.438. The maximum atomic E-state index is 13.9. The minimum Gasteiger partial charge on any atom is -0.370 e. The molecule has 0 aliphatic heterocycles. The first-order valence-electron chi connectivity index (χ1n) is 15.5.